The normalized spacial score (nSPS) is 19.2. The third-order valence-electron chi connectivity index (χ3n) is 4.41. The van der Waals surface area contributed by atoms with Crippen LogP contribution < -0.4 is 10.8 Å². The molecule has 1 amide bonds. The molecule has 1 N–H and O–H groups in total. The maximum Gasteiger partial charge on any atom is 0.494 e. The van der Waals surface area contributed by atoms with Crippen LogP contribution >= 0.6 is 0 Å². The van der Waals surface area contributed by atoms with Gasteiger partial charge in [0.25, 0.3) is 0 Å². The van der Waals surface area contributed by atoms with Crippen LogP contribution in [-0.4, -0.2) is 30.8 Å². The molecule has 0 radical (unpaired) electrons. The second-order valence-corrected chi connectivity index (χ2v) is 6.86. The van der Waals surface area contributed by atoms with Gasteiger partial charge in [0.05, 0.1) is 17.6 Å². The molecule has 0 bridgehead atoms. The number of amides is 1. The molecule has 1 heterocycles. The van der Waals surface area contributed by atoms with E-state index in [-0.39, 0.29) is 24.2 Å². The molecule has 0 aliphatic carbocycles. The van der Waals surface area contributed by atoms with Crippen molar-refractivity contribution in [3.05, 3.63) is 29.8 Å². The topological polar surface area (TPSA) is 47.6 Å². The van der Waals surface area contributed by atoms with Crippen molar-refractivity contribution in [2.45, 2.75) is 58.7 Å². The zero-order chi connectivity index (χ0) is 16.4. The Balaban J connectivity index is 2.08. The summed E-state index contributed by atoms with van der Waals surface area (Å²) in [5.74, 6) is 0.0490. The second kappa shape index (κ2) is 6.43. The minimum atomic E-state index is -0.386. The summed E-state index contributed by atoms with van der Waals surface area (Å²) in [4.78, 5) is 11.8. The van der Waals surface area contributed by atoms with E-state index in [1.807, 2.05) is 58.9 Å². The quantitative estimate of drug-likeness (QED) is 0.847. The van der Waals surface area contributed by atoms with Gasteiger partial charge < -0.3 is 14.6 Å². The molecule has 5 heteroatoms. The highest BCUT2D eigenvalue weighted by atomic mass is 16.7. The Morgan fingerprint density at radius 1 is 1.18 bits per heavy atom. The number of hydrogen-bond donors (Lipinski definition) is 1. The van der Waals surface area contributed by atoms with Crippen molar-refractivity contribution < 1.29 is 14.1 Å². The van der Waals surface area contributed by atoms with Crippen molar-refractivity contribution in [3.63, 3.8) is 0 Å². The van der Waals surface area contributed by atoms with Crippen molar-refractivity contribution in [1.82, 2.24) is 5.32 Å². The summed E-state index contributed by atoms with van der Waals surface area (Å²) in [5.41, 5.74) is 1.22. The molecular formula is C17H26BNO3. The second-order valence-electron chi connectivity index (χ2n) is 6.86. The number of hydrogen-bond acceptors (Lipinski definition) is 3. The van der Waals surface area contributed by atoms with Crippen LogP contribution in [0.5, 0.6) is 0 Å². The average Bonchev–Trinajstić information content (AvgIpc) is 2.65. The SMILES string of the molecule is CCCNC(=O)Cc1cccc(B2OC(C)(C)C(C)(C)O2)c1. The van der Waals surface area contributed by atoms with Crippen LogP contribution in [-0.2, 0) is 20.5 Å². The Kier molecular flexibility index (Phi) is 4.98. The van der Waals surface area contributed by atoms with E-state index in [1.54, 1.807) is 0 Å². The maximum absolute atomic E-state index is 11.8. The van der Waals surface area contributed by atoms with E-state index in [2.05, 4.69) is 5.32 Å². The van der Waals surface area contributed by atoms with Gasteiger partial charge in [-0.25, -0.2) is 0 Å². The van der Waals surface area contributed by atoms with Crippen molar-refractivity contribution in [2.24, 2.45) is 0 Å². The monoisotopic (exact) mass is 303 g/mol. The van der Waals surface area contributed by atoms with Gasteiger partial charge in [-0.2, -0.15) is 0 Å². The minimum absolute atomic E-state index is 0.0490. The first-order valence-corrected chi connectivity index (χ1v) is 7.96. The molecule has 1 aliphatic rings. The van der Waals surface area contributed by atoms with Crippen LogP contribution in [0.3, 0.4) is 0 Å². The van der Waals surface area contributed by atoms with Crippen LogP contribution in [0.4, 0.5) is 0 Å². The molecule has 1 aliphatic heterocycles. The third-order valence-corrected chi connectivity index (χ3v) is 4.41. The number of carbonyl (C=O) groups is 1. The van der Waals surface area contributed by atoms with Crippen LogP contribution in [0.1, 0.15) is 46.6 Å². The molecule has 0 aromatic heterocycles. The summed E-state index contributed by atoms with van der Waals surface area (Å²) in [6.07, 6.45) is 1.33. The fourth-order valence-electron chi connectivity index (χ4n) is 2.34. The number of carbonyl (C=O) groups excluding carboxylic acids is 1. The number of benzene rings is 1. The molecule has 0 spiro atoms. The molecule has 4 nitrogen and oxygen atoms in total. The van der Waals surface area contributed by atoms with Crippen molar-refractivity contribution >= 4 is 18.5 Å². The van der Waals surface area contributed by atoms with E-state index in [0.717, 1.165) is 24.0 Å². The van der Waals surface area contributed by atoms with Crippen molar-refractivity contribution in [1.29, 1.82) is 0 Å². The summed E-state index contributed by atoms with van der Waals surface area (Å²) < 4.78 is 12.1. The predicted molar refractivity (Wildman–Crippen MR) is 89.2 cm³/mol. The van der Waals surface area contributed by atoms with Gasteiger partial charge in [-0.1, -0.05) is 31.2 Å². The zero-order valence-corrected chi connectivity index (χ0v) is 14.2. The summed E-state index contributed by atoms with van der Waals surface area (Å²) >= 11 is 0. The Morgan fingerprint density at radius 3 is 2.41 bits per heavy atom. The van der Waals surface area contributed by atoms with Crippen molar-refractivity contribution in [2.75, 3.05) is 6.54 Å². The third kappa shape index (κ3) is 3.71. The lowest BCUT2D eigenvalue weighted by atomic mass is 9.78. The van der Waals surface area contributed by atoms with Crippen LogP contribution in [0.25, 0.3) is 0 Å². The molecule has 1 fully saturated rings. The van der Waals surface area contributed by atoms with Crippen LogP contribution in [0.2, 0.25) is 0 Å². The lowest BCUT2D eigenvalue weighted by molar-refractivity contribution is -0.120. The smallest absolute Gasteiger partial charge is 0.399 e. The molecule has 2 rings (SSSR count). The molecule has 120 valence electrons. The first kappa shape index (κ1) is 17.0. The first-order valence-electron chi connectivity index (χ1n) is 7.96. The molecule has 0 atom stereocenters. The molecule has 22 heavy (non-hydrogen) atoms. The zero-order valence-electron chi connectivity index (χ0n) is 14.2. The molecular weight excluding hydrogens is 277 g/mol. The average molecular weight is 303 g/mol. The minimum Gasteiger partial charge on any atom is -0.399 e. The summed E-state index contributed by atoms with van der Waals surface area (Å²) in [6, 6.07) is 7.88. The summed E-state index contributed by atoms with van der Waals surface area (Å²) in [7, 11) is -0.386. The van der Waals surface area contributed by atoms with Gasteiger partial charge in [0.15, 0.2) is 0 Å². The van der Waals surface area contributed by atoms with E-state index in [0.29, 0.717) is 6.42 Å². The van der Waals surface area contributed by atoms with Crippen LogP contribution in [0, 0.1) is 0 Å². The predicted octanol–water partition coefficient (Wildman–Crippen LogP) is 2.05. The van der Waals surface area contributed by atoms with E-state index in [4.69, 9.17) is 9.31 Å². The van der Waals surface area contributed by atoms with Crippen LogP contribution in [0.15, 0.2) is 24.3 Å². The summed E-state index contributed by atoms with van der Waals surface area (Å²) in [5, 5.41) is 2.89. The summed E-state index contributed by atoms with van der Waals surface area (Å²) in [6.45, 7) is 10.9. The fourth-order valence-corrected chi connectivity index (χ4v) is 2.34. The molecule has 1 aromatic rings. The Bertz CT molecular complexity index is 526. The Labute approximate surface area is 133 Å². The first-order chi connectivity index (χ1) is 10.2. The van der Waals surface area contributed by atoms with Crippen molar-refractivity contribution in [3.8, 4) is 0 Å². The Morgan fingerprint density at radius 2 is 1.82 bits per heavy atom. The number of rotatable bonds is 5. The van der Waals surface area contributed by atoms with Gasteiger partial charge in [0.2, 0.25) is 5.91 Å². The highest BCUT2D eigenvalue weighted by Gasteiger charge is 2.51. The largest absolute Gasteiger partial charge is 0.494 e. The highest BCUT2D eigenvalue weighted by molar-refractivity contribution is 6.62. The van der Waals surface area contributed by atoms with Gasteiger partial charge in [-0.3, -0.25) is 4.79 Å². The van der Waals surface area contributed by atoms with Gasteiger partial charge in [0.1, 0.15) is 0 Å². The Hall–Kier alpha value is -1.33. The van der Waals surface area contributed by atoms with E-state index >= 15 is 0 Å². The van der Waals surface area contributed by atoms with Gasteiger partial charge >= 0.3 is 7.12 Å². The lowest BCUT2D eigenvalue weighted by Crippen LogP contribution is -2.41. The molecule has 1 saturated heterocycles. The van der Waals surface area contributed by atoms with E-state index in [1.165, 1.54) is 0 Å². The molecule has 0 unspecified atom stereocenters. The lowest BCUT2D eigenvalue weighted by Gasteiger charge is -2.32. The highest BCUT2D eigenvalue weighted by Crippen LogP contribution is 2.36. The van der Waals surface area contributed by atoms with Gasteiger partial charge in [-0.15, -0.1) is 0 Å². The standard InChI is InChI=1S/C17H26BNO3/c1-6-10-19-15(20)12-13-8-7-9-14(11-13)18-21-16(2,3)17(4,5)22-18/h7-9,11H,6,10,12H2,1-5H3,(H,19,20). The maximum atomic E-state index is 11.8. The molecule has 0 saturated carbocycles. The number of nitrogens with one attached hydrogen (secondary N) is 1. The van der Waals surface area contributed by atoms with Gasteiger partial charge in [0, 0.05) is 6.54 Å². The molecule has 1 aromatic carbocycles. The van der Waals surface area contributed by atoms with Gasteiger partial charge in [-0.05, 0) is 45.1 Å². The fraction of sp³-hybridized carbons (Fsp3) is 0.588. The van der Waals surface area contributed by atoms with E-state index in [9.17, 15) is 4.79 Å². The van der Waals surface area contributed by atoms with E-state index < -0.39 is 0 Å².